The van der Waals surface area contributed by atoms with E-state index < -0.39 is 0 Å². The number of nitrogens with zero attached hydrogens (tertiary/aromatic N) is 8. The summed E-state index contributed by atoms with van der Waals surface area (Å²) in [4.78, 5) is 7.30. The van der Waals surface area contributed by atoms with E-state index in [1.807, 2.05) is 26.1 Å². The van der Waals surface area contributed by atoms with Crippen molar-refractivity contribution in [1.82, 2.24) is 24.7 Å². The molecule has 0 bridgehead atoms. The van der Waals surface area contributed by atoms with Gasteiger partial charge in [0.15, 0.2) is 0 Å². The van der Waals surface area contributed by atoms with Crippen LogP contribution in [0.5, 0.6) is 0 Å². The Morgan fingerprint density at radius 3 is 2.55 bits per heavy atom. The monoisotopic (exact) mass is 448 g/mol. The number of hydrogen-bond donors (Lipinski definition) is 0. The van der Waals surface area contributed by atoms with Crippen molar-refractivity contribution in [2.45, 2.75) is 33.8 Å². The van der Waals surface area contributed by atoms with Gasteiger partial charge in [-0.1, -0.05) is 0 Å². The minimum atomic E-state index is -0.306. The molecular weight excluding hydrogens is 420 g/mol. The highest BCUT2D eigenvalue weighted by molar-refractivity contribution is 6.50. The van der Waals surface area contributed by atoms with Crippen LogP contribution in [0.15, 0.2) is 34.4 Å². The molecule has 2 aliphatic heterocycles. The largest absolute Gasteiger partial charge is 0.372 e. The van der Waals surface area contributed by atoms with Crippen molar-refractivity contribution >= 4 is 22.8 Å². The van der Waals surface area contributed by atoms with Gasteiger partial charge in [-0.15, -0.1) is 10.2 Å². The van der Waals surface area contributed by atoms with Crippen LogP contribution in [-0.2, 0) is 16.5 Å². The lowest BCUT2D eigenvalue weighted by molar-refractivity contribution is 0.0608. The Hall–Kier alpha value is -3.37. The summed E-state index contributed by atoms with van der Waals surface area (Å²) < 4.78 is 14.7. The highest BCUT2D eigenvalue weighted by Gasteiger charge is 2.36. The molecule has 10 nitrogen and oxygen atoms in total. The second-order valence-corrected chi connectivity index (χ2v) is 8.19. The SMILES string of the molecule is CCN(CC)c1ccc(/N=C2/C(C3COCO3)=Nn3c2nnc3-c2cc(C)n(C)n2)c(C)c1. The number of ether oxygens (including phenoxy) is 2. The van der Waals surface area contributed by atoms with Crippen LogP contribution in [-0.4, -0.2) is 68.7 Å². The van der Waals surface area contributed by atoms with Crippen molar-refractivity contribution < 1.29 is 9.47 Å². The number of fused-ring (bicyclic) bond motifs is 1. The second-order valence-electron chi connectivity index (χ2n) is 8.19. The molecule has 5 rings (SSSR count). The molecule has 0 N–H and O–H groups in total. The van der Waals surface area contributed by atoms with E-state index in [2.05, 4.69) is 53.1 Å². The Balaban J connectivity index is 1.59. The average molecular weight is 449 g/mol. The number of anilines is 1. The predicted molar refractivity (Wildman–Crippen MR) is 126 cm³/mol. The molecule has 0 saturated carbocycles. The Morgan fingerprint density at radius 1 is 1.12 bits per heavy atom. The summed E-state index contributed by atoms with van der Waals surface area (Å²) in [5, 5.41) is 18.1. The molecule has 1 unspecified atom stereocenters. The fourth-order valence-electron chi connectivity index (χ4n) is 4.11. The lowest BCUT2D eigenvalue weighted by Gasteiger charge is -2.21. The highest BCUT2D eigenvalue weighted by Crippen LogP contribution is 2.29. The molecule has 10 heteroatoms. The number of hydrogen-bond acceptors (Lipinski definition) is 8. The maximum absolute atomic E-state index is 5.76. The van der Waals surface area contributed by atoms with Gasteiger partial charge in [-0.25, -0.2) is 4.99 Å². The van der Waals surface area contributed by atoms with Crippen molar-refractivity contribution in [2.75, 3.05) is 31.4 Å². The molecule has 2 aromatic heterocycles. The first-order valence-corrected chi connectivity index (χ1v) is 11.2. The average Bonchev–Trinajstić information content (AvgIpc) is 3.57. The van der Waals surface area contributed by atoms with Gasteiger partial charge in [0.1, 0.15) is 30.0 Å². The van der Waals surface area contributed by atoms with E-state index >= 15 is 0 Å². The molecule has 0 aliphatic carbocycles. The van der Waals surface area contributed by atoms with Crippen LogP contribution in [0.1, 0.15) is 30.9 Å². The molecule has 3 aromatic rings. The van der Waals surface area contributed by atoms with Gasteiger partial charge in [0.25, 0.3) is 0 Å². The third-order valence-corrected chi connectivity index (χ3v) is 6.11. The number of aromatic nitrogens is 5. The smallest absolute Gasteiger partial charge is 0.205 e. The molecule has 4 heterocycles. The van der Waals surface area contributed by atoms with Gasteiger partial charge in [-0.05, 0) is 57.5 Å². The normalized spacial score (nSPS) is 18.8. The molecule has 1 fully saturated rings. The third-order valence-electron chi connectivity index (χ3n) is 6.11. The van der Waals surface area contributed by atoms with Crippen molar-refractivity contribution in [2.24, 2.45) is 17.1 Å². The summed E-state index contributed by atoms with van der Waals surface area (Å²) in [6.07, 6.45) is -0.306. The van der Waals surface area contributed by atoms with Crippen LogP contribution in [0.3, 0.4) is 0 Å². The lowest BCUT2D eigenvalue weighted by atomic mass is 10.1. The molecule has 1 saturated heterocycles. The quantitative estimate of drug-likeness (QED) is 0.576. The van der Waals surface area contributed by atoms with Crippen LogP contribution < -0.4 is 4.90 Å². The van der Waals surface area contributed by atoms with Crippen LogP contribution in [0, 0.1) is 13.8 Å². The van der Waals surface area contributed by atoms with Crippen LogP contribution in [0.4, 0.5) is 11.4 Å². The van der Waals surface area contributed by atoms with E-state index in [9.17, 15) is 0 Å². The first kappa shape index (κ1) is 21.5. The van der Waals surface area contributed by atoms with Crippen LogP contribution in [0.25, 0.3) is 11.5 Å². The van der Waals surface area contributed by atoms with E-state index in [1.54, 1.807) is 9.36 Å². The highest BCUT2D eigenvalue weighted by atomic mass is 16.7. The molecular formula is C23H28N8O2. The third kappa shape index (κ3) is 3.75. The van der Waals surface area contributed by atoms with Gasteiger partial charge < -0.3 is 14.4 Å². The van der Waals surface area contributed by atoms with Gasteiger partial charge in [-0.3, -0.25) is 4.68 Å². The fourth-order valence-corrected chi connectivity index (χ4v) is 4.11. The van der Waals surface area contributed by atoms with E-state index in [0.29, 0.717) is 35.4 Å². The first-order valence-electron chi connectivity index (χ1n) is 11.2. The molecule has 0 spiro atoms. The Labute approximate surface area is 192 Å². The van der Waals surface area contributed by atoms with Crippen molar-refractivity contribution in [3.05, 3.63) is 41.3 Å². The van der Waals surface area contributed by atoms with Gasteiger partial charge in [0.05, 0.1) is 12.3 Å². The number of aryl methyl sites for hydroxylation is 3. The van der Waals surface area contributed by atoms with Gasteiger partial charge in [0.2, 0.25) is 11.6 Å². The van der Waals surface area contributed by atoms with Crippen molar-refractivity contribution in [3.63, 3.8) is 0 Å². The molecule has 0 amide bonds. The van der Waals surface area contributed by atoms with E-state index in [-0.39, 0.29) is 12.9 Å². The molecule has 0 radical (unpaired) electrons. The predicted octanol–water partition coefficient (Wildman–Crippen LogP) is 2.85. The van der Waals surface area contributed by atoms with Gasteiger partial charge in [0, 0.05) is 31.5 Å². The zero-order chi connectivity index (χ0) is 23.1. The first-order chi connectivity index (χ1) is 16.0. The van der Waals surface area contributed by atoms with Crippen molar-refractivity contribution in [3.8, 4) is 11.5 Å². The maximum Gasteiger partial charge on any atom is 0.205 e. The van der Waals surface area contributed by atoms with Gasteiger partial charge in [-0.2, -0.15) is 14.9 Å². The summed E-state index contributed by atoms with van der Waals surface area (Å²) in [5.41, 5.74) is 6.20. The van der Waals surface area contributed by atoms with Crippen LogP contribution in [0.2, 0.25) is 0 Å². The number of rotatable bonds is 6. The summed E-state index contributed by atoms with van der Waals surface area (Å²) in [6.45, 7) is 11.0. The minimum absolute atomic E-state index is 0.238. The maximum atomic E-state index is 5.76. The number of benzene rings is 1. The Bertz CT molecular complexity index is 1230. The molecule has 1 atom stereocenters. The lowest BCUT2D eigenvalue weighted by Crippen LogP contribution is -2.29. The summed E-state index contributed by atoms with van der Waals surface area (Å²) >= 11 is 0. The van der Waals surface area contributed by atoms with Crippen molar-refractivity contribution in [1.29, 1.82) is 0 Å². The van der Waals surface area contributed by atoms with Crippen LogP contribution >= 0.6 is 0 Å². The fraction of sp³-hybridized carbons (Fsp3) is 0.435. The second kappa shape index (κ2) is 8.53. The van der Waals surface area contributed by atoms with E-state index in [0.717, 1.165) is 30.0 Å². The van der Waals surface area contributed by atoms with E-state index in [4.69, 9.17) is 19.6 Å². The molecule has 33 heavy (non-hydrogen) atoms. The molecule has 2 aliphatic rings. The summed E-state index contributed by atoms with van der Waals surface area (Å²) in [5.74, 6) is 1.15. The molecule has 172 valence electrons. The summed E-state index contributed by atoms with van der Waals surface area (Å²) in [6, 6.07) is 8.28. The van der Waals surface area contributed by atoms with E-state index in [1.165, 1.54) is 5.69 Å². The Kier molecular flexibility index (Phi) is 5.55. The zero-order valence-corrected chi connectivity index (χ0v) is 19.6. The Morgan fingerprint density at radius 2 is 1.91 bits per heavy atom. The molecule has 1 aromatic carbocycles. The number of aliphatic imine (C=N–C) groups is 1. The summed E-state index contributed by atoms with van der Waals surface area (Å²) in [7, 11) is 1.90. The minimum Gasteiger partial charge on any atom is -0.372 e. The standard InChI is InChI=1S/C23H28N8O2/c1-6-30(7-2)16-8-9-17(14(3)10-16)24-21-20(19-12-32-13-33-19)28-31-22(25-26-23(21)31)18-11-15(4)29(5)27-18/h8-11,19H,6-7,12-13H2,1-5H3/b24-21-. The topological polar surface area (TPSA) is 95.0 Å². The van der Waals surface area contributed by atoms with Gasteiger partial charge >= 0.3 is 0 Å². The zero-order valence-electron chi connectivity index (χ0n) is 19.6.